The second-order valence-electron chi connectivity index (χ2n) is 3.80. The van der Waals surface area contributed by atoms with Gasteiger partial charge >= 0.3 is 106 Å². The quantitative estimate of drug-likeness (QED) is 0.184. The van der Waals surface area contributed by atoms with Gasteiger partial charge in [-0.15, -0.1) is 0 Å². The van der Waals surface area contributed by atoms with Crippen LogP contribution >= 0.6 is 0 Å². The molecule has 0 radical (unpaired) electrons. The molecule has 0 aromatic rings. The number of hydrogen-bond donors (Lipinski definition) is 0. The summed E-state index contributed by atoms with van der Waals surface area (Å²) in [5.41, 5.74) is 0. The Morgan fingerprint density at radius 1 is 1.31 bits per heavy atom. The molecule has 1 aliphatic carbocycles. The van der Waals surface area contributed by atoms with Crippen molar-refractivity contribution < 1.29 is 40.3 Å². The van der Waals surface area contributed by atoms with Gasteiger partial charge in [0.05, 0.1) is 0 Å². The number of carbonyl (C=O) groups excluding carboxylic acids is 2. The van der Waals surface area contributed by atoms with Crippen molar-refractivity contribution in [1.82, 2.24) is 0 Å². The maximum atomic E-state index is 11.6. The van der Waals surface area contributed by atoms with Gasteiger partial charge in [-0.1, -0.05) is 0 Å². The molecule has 1 fully saturated rings. The molecule has 0 saturated heterocycles. The summed E-state index contributed by atoms with van der Waals surface area (Å²) in [5, 5.41) is 0. The second-order valence-corrected chi connectivity index (χ2v) is 6.81. The zero-order chi connectivity index (χ0) is 11.8. The minimum atomic E-state index is -0.123. The Kier molecular flexibility index (Phi) is 6.75. The first-order valence-corrected chi connectivity index (χ1v) is 8.88. The van der Waals surface area contributed by atoms with Gasteiger partial charge in [0.15, 0.2) is 0 Å². The van der Waals surface area contributed by atoms with Crippen LogP contribution < -0.4 is 21.2 Å². The Labute approximate surface area is 106 Å². The molecule has 0 unspecified atom stereocenters. The van der Waals surface area contributed by atoms with Gasteiger partial charge in [-0.3, -0.25) is 0 Å². The van der Waals surface area contributed by atoms with Crippen LogP contribution in [0.2, 0.25) is 0 Å². The summed E-state index contributed by atoms with van der Waals surface area (Å²) in [5.74, 6) is -0.0507. The molecule has 0 aromatic carbocycles. The van der Waals surface area contributed by atoms with E-state index in [1.54, 1.807) is 0 Å². The predicted molar refractivity (Wildman–Crippen MR) is 54.6 cm³/mol. The summed E-state index contributed by atoms with van der Waals surface area (Å²) in [6.07, 6.45) is 4.28. The van der Waals surface area contributed by atoms with Crippen LogP contribution in [0.3, 0.4) is 0 Å². The first-order chi connectivity index (χ1) is 7.77. The zero-order valence-electron chi connectivity index (χ0n) is 9.49. The molecule has 1 aliphatic rings. The van der Waals surface area contributed by atoms with Crippen LogP contribution in [-0.4, -0.2) is 34.5 Å². The van der Waals surface area contributed by atoms with Gasteiger partial charge in [0, 0.05) is 0 Å². The van der Waals surface area contributed by atoms with Crippen molar-refractivity contribution in [3.05, 3.63) is 0 Å². The standard InChI is InChI=1S/C11H18IO4/c1-12-10-4-2-9(3-5-10)11(14)16-7-6-15-8-13/h8-10H,2-7H2,1H3/q-1. The molecule has 1 saturated carbocycles. The van der Waals surface area contributed by atoms with Crippen molar-refractivity contribution in [2.75, 3.05) is 18.1 Å². The van der Waals surface area contributed by atoms with Crippen LogP contribution in [-0.2, 0) is 19.1 Å². The van der Waals surface area contributed by atoms with Crippen molar-refractivity contribution in [1.29, 1.82) is 0 Å². The molecule has 0 aromatic heterocycles. The van der Waals surface area contributed by atoms with Crippen molar-refractivity contribution in [3.8, 4) is 0 Å². The Morgan fingerprint density at radius 3 is 2.56 bits per heavy atom. The number of carbonyl (C=O) groups is 2. The fourth-order valence-corrected chi connectivity index (χ4v) is 3.83. The fraction of sp³-hybridized carbons (Fsp3) is 0.818. The van der Waals surface area contributed by atoms with E-state index in [1.165, 1.54) is 12.8 Å². The Balaban J connectivity index is 2.15. The summed E-state index contributed by atoms with van der Waals surface area (Å²) < 4.78 is 10.4. The van der Waals surface area contributed by atoms with Gasteiger partial charge in [0.2, 0.25) is 0 Å². The molecular formula is C11H18IO4-. The van der Waals surface area contributed by atoms with Crippen molar-refractivity contribution in [2.24, 2.45) is 5.92 Å². The molecule has 94 valence electrons. The van der Waals surface area contributed by atoms with Crippen LogP contribution in [0.5, 0.6) is 0 Å². The number of rotatable bonds is 6. The molecule has 1 rings (SSSR count). The van der Waals surface area contributed by atoms with Crippen LogP contribution in [0.25, 0.3) is 0 Å². The van der Waals surface area contributed by atoms with Crippen molar-refractivity contribution >= 4 is 12.4 Å². The van der Waals surface area contributed by atoms with Crippen LogP contribution in [0.4, 0.5) is 0 Å². The zero-order valence-corrected chi connectivity index (χ0v) is 11.6. The number of halogens is 1. The van der Waals surface area contributed by atoms with Crippen LogP contribution in [0.1, 0.15) is 25.7 Å². The fourth-order valence-electron chi connectivity index (χ4n) is 1.86. The van der Waals surface area contributed by atoms with Gasteiger partial charge in [0.25, 0.3) is 0 Å². The van der Waals surface area contributed by atoms with E-state index in [0.717, 1.165) is 16.8 Å². The maximum absolute atomic E-state index is 11.6. The molecule has 0 atom stereocenters. The van der Waals surface area contributed by atoms with E-state index in [-0.39, 0.29) is 25.1 Å². The predicted octanol–water partition coefficient (Wildman–Crippen LogP) is -2.02. The normalized spacial score (nSPS) is 25.1. The summed E-state index contributed by atoms with van der Waals surface area (Å²) in [6.45, 7) is 0.702. The van der Waals surface area contributed by atoms with Gasteiger partial charge in [-0.2, -0.15) is 0 Å². The first-order valence-electron chi connectivity index (χ1n) is 5.47. The third-order valence-corrected chi connectivity index (χ3v) is 5.82. The van der Waals surface area contributed by atoms with Crippen molar-refractivity contribution in [2.45, 2.75) is 29.6 Å². The van der Waals surface area contributed by atoms with Crippen molar-refractivity contribution in [3.63, 3.8) is 0 Å². The number of ether oxygens (including phenoxy) is 2. The number of hydrogen-bond acceptors (Lipinski definition) is 4. The third-order valence-electron chi connectivity index (χ3n) is 2.81. The van der Waals surface area contributed by atoms with Gasteiger partial charge in [0.1, 0.15) is 0 Å². The van der Waals surface area contributed by atoms with E-state index < -0.39 is 0 Å². The third kappa shape index (κ3) is 4.67. The van der Waals surface area contributed by atoms with E-state index >= 15 is 0 Å². The van der Waals surface area contributed by atoms with E-state index in [4.69, 9.17) is 4.74 Å². The molecule has 0 bridgehead atoms. The SMILES string of the molecule is C[I-]C1CCC(C(=O)OCCOC=O)CC1. The molecule has 0 heterocycles. The van der Waals surface area contributed by atoms with Gasteiger partial charge in [-0.25, -0.2) is 0 Å². The molecule has 0 N–H and O–H groups in total. The summed E-state index contributed by atoms with van der Waals surface area (Å²) in [7, 11) is 0. The van der Waals surface area contributed by atoms with E-state index in [1.807, 2.05) is 0 Å². The first kappa shape index (κ1) is 13.7. The Hall–Kier alpha value is -0.330. The van der Waals surface area contributed by atoms with Crippen LogP contribution in [0.15, 0.2) is 0 Å². The molecule has 4 nitrogen and oxygen atoms in total. The Bertz CT molecular complexity index is 224. The monoisotopic (exact) mass is 341 g/mol. The van der Waals surface area contributed by atoms with Gasteiger partial charge in [-0.05, 0) is 0 Å². The molecule has 0 aliphatic heterocycles. The van der Waals surface area contributed by atoms with E-state index in [0.29, 0.717) is 27.7 Å². The average molecular weight is 341 g/mol. The van der Waals surface area contributed by atoms with E-state index in [2.05, 4.69) is 9.67 Å². The van der Waals surface area contributed by atoms with Gasteiger partial charge < -0.3 is 0 Å². The summed E-state index contributed by atoms with van der Waals surface area (Å²) >= 11 is 0.319. The number of esters is 1. The molecule has 0 amide bonds. The summed E-state index contributed by atoms with van der Waals surface area (Å²) in [4.78, 5) is 23.8. The molecule has 16 heavy (non-hydrogen) atoms. The minimum absolute atomic E-state index is 0.0723. The van der Waals surface area contributed by atoms with E-state index in [9.17, 15) is 9.59 Å². The second kappa shape index (κ2) is 7.86. The molecular weight excluding hydrogens is 323 g/mol. The number of alkyl halides is 2. The Morgan fingerprint density at radius 2 is 2.00 bits per heavy atom. The topological polar surface area (TPSA) is 52.6 Å². The van der Waals surface area contributed by atoms with Crippen LogP contribution in [0, 0.1) is 5.92 Å². The molecule has 5 heteroatoms. The average Bonchev–Trinajstić information content (AvgIpc) is 2.34. The summed E-state index contributed by atoms with van der Waals surface area (Å²) in [6, 6.07) is 0. The molecule has 0 spiro atoms.